The van der Waals surface area contributed by atoms with E-state index in [9.17, 15) is 9.90 Å². The molecule has 2 atom stereocenters. The van der Waals surface area contributed by atoms with E-state index in [0.717, 1.165) is 22.6 Å². The summed E-state index contributed by atoms with van der Waals surface area (Å²) in [5.41, 5.74) is 1.57. The maximum absolute atomic E-state index is 13.2. The van der Waals surface area contributed by atoms with E-state index >= 15 is 0 Å². The first kappa shape index (κ1) is 20.1. The van der Waals surface area contributed by atoms with Crippen LogP contribution in [0.15, 0.2) is 36.5 Å². The lowest BCUT2D eigenvalue weighted by Gasteiger charge is -2.27. The van der Waals surface area contributed by atoms with E-state index in [1.807, 2.05) is 35.2 Å². The van der Waals surface area contributed by atoms with E-state index in [1.54, 1.807) is 6.20 Å². The average Bonchev–Trinajstić information content (AvgIpc) is 3.29. The minimum absolute atomic E-state index is 0.0334. The third-order valence-corrected chi connectivity index (χ3v) is 6.47. The van der Waals surface area contributed by atoms with Crippen molar-refractivity contribution in [1.82, 2.24) is 29.5 Å². The highest BCUT2D eigenvalue weighted by Crippen LogP contribution is 2.33. The topological polar surface area (TPSA) is 87.4 Å². The monoisotopic (exact) mass is 420 g/mol. The molecule has 0 spiro atoms. The molecule has 31 heavy (non-hydrogen) atoms. The highest BCUT2D eigenvalue weighted by atomic mass is 16.3. The molecule has 5 rings (SSSR count). The fourth-order valence-corrected chi connectivity index (χ4v) is 4.85. The summed E-state index contributed by atoms with van der Waals surface area (Å²) in [4.78, 5) is 21.7. The predicted molar refractivity (Wildman–Crippen MR) is 117 cm³/mol. The zero-order chi connectivity index (χ0) is 21.5. The number of aliphatic hydroxyl groups is 1. The number of benzene rings is 1. The molecule has 2 aliphatic heterocycles. The van der Waals surface area contributed by atoms with Crippen molar-refractivity contribution in [2.75, 3.05) is 19.6 Å². The average molecular weight is 421 g/mol. The Bertz CT molecular complexity index is 1110. The molecule has 0 aliphatic carbocycles. The second-order valence-electron chi connectivity index (χ2n) is 8.78. The zero-order valence-electron chi connectivity index (χ0n) is 18.0. The van der Waals surface area contributed by atoms with Crippen LogP contribution in [-0.4, -0.2) is 72.3 Å². The Hall–Kier alpha value is -2.84. The number of aromatic nitrogens is 4. The van der Waals surface area contributed by atoms with Crippen molar-refractivity contribution in [1.29, 1.82) is 0 Å². The highest BCUT2D eigenvalue weighted by Gasteiger charge is 2.37. The van der Waals surface area contributed by atoms with Crippen LogP contribution in [0.4, 0.5) is 0 Å². The molecule has 1 saturated heterocycles. The van der Waals surface area contributed by atoms with Crippen LogP contribution in [0, 0.1) is 0 Å². The van der Waals surface area contributed by atoms with Gasteiger partial charge in [-0.2, -0.15) is 0 Å². The molecule has 4 heterocycles. The van der Waals surface area contributed by atoms with Gasteiger partial charge in [0.25, 0.3) is 5.91 Å². The summed E-state index contributed by atoms with van der Waals surface area (Å²) in [7, 11) is 0. The third-order valence-electron chi connectivity index (χ3n) is 6.47. The van der Waals surface area contributed by atoms with Crippen molar-refractivity contribution in [3.05, 3.63) is 53.7 Å². The van der Waals surface area contributed by atoms with E-state index in [4.69, 9.17) is 0 Å². The van der Waals surface area contributed by atoms with Crippen LogP contribution < -0.4 is 0 Å². The summed E-state index contributed by atoms with van der Waals surface area (Å²) in [6, 6.07) is 9.92. The molecule has 2 aromatic heterocycles. The van der Waals surface area contributed by atoms with E-state index in [0.29, 0.717) is 50.6 Å². The van der Waals surface area contributed by atoms with Crippen LogP contribution in [0.1, 0.15) is 48.3 Å². The van der Waals surface area contributed by atoms with Gasteiger partial charge in [0, 0.05) is 55.8 Å². The summed E-state index contributed by atoms with van der Waals surface area (Å²) in [6.07, 6.45) is 2.76. The first-order chi connectivity index (χ1) is 15.0. The summed E-state index contributed by atoms with van der Waals surface area (Å²) < 4.78 is 2.16. The van der Waals surface area contributed by atoms with Gasteiger partial charge in [0.15, 0.2) is 5.82 Å². The number of likely N-dealkylation sites (tertiary alicyclic amines) is 1. The van der Waals surface area contributed by atoms with Crippen LogP contribution in [0.5, 0.6) is 0 Å². The number of carbonyl (C=O) groups is 1. The Balaban J connectivity index is 1.36. The van der Waals surface area contributed by atoms with Gasteiger partial charge in [-0.15, -0.1) is 10.2 Å². The molecule has 8 heteroatoms. The SMILES string of the molecule is CC(C)N1C[C@H](O)C[C@H]1c1nnc2n1CCN(C(=O)c1ccc3ncccc3c1)CC2. The van der Waals surface area contributed by atoms with Gasteiger partial charge < -0.3 is 14.6 Å². The van der Waals surface area contributed by atoms with Crippen molar-refractivity contribution < 1.29 is 9.90 Å². The van der Waals surface area contributed by atoms with Gasteiger partial charge in [0.1, 0.15) is 5.82 Å². The lowest BCUT2D eigenvalue weighted by Crippen LogP contribution is -2.34. The number of amides is 1. The Morgan fingerprint density at radius 2 is 2.03 bits per heavy atom. The number of rotatable bonds is 3. The molecule has 1 amide bonds. The first-order valence-corrected chi connectivity index (χ1v) is 11.0. The normalized spacial score (nSPS) is 22.1. The van der Waals surface area contributed by atoms with Crippen molar-refractivity contribution in [2.24, 2.45) is 0 Å². The van der Waals surface area contributed by atoms with Gasteiger partial charge in [-0.25, -0.2) is 0 Å². The molecule has 0 bridgehead atoms. The van der Waals surface area contributed by atoms with Gasteiger partial charge in [-0.05, 0) is 44.5 Å². The second-order valence-corrected chi connectivity index (χ2v) is 8.78. The number of pyridine rings is 1. The highest BCUT2D eigenvalue weighted by molar-refractivity contribution is 5.97. The van der Waals surface area contributed by atoms with Crippen molar-refractivity contribution in [2.45, 2.75) is 51.4 Å². The van der Waals surface area contributed by atoms with Crippen LogP contribution in [0.3, 0.4) is 0 Å². The molecule has 2 aliphatic rings. The minimum atomic E-state index is -0.341. The number of hydrogen-bond acceptors (Lipinski definition) is 6. The Kier molecular flexibility index (Phi) is 5.19. The van der Waals surface area contributed by atoms with Gasteiger partial charge in [0.05, 0.1) is 17.7 Å². The van der Waals surface area contributed by atoms with Gasteiger partial charge in [0.2, 0.25) is 0 Å². The Labute approximate surface area is 181 Å². The Morgan fingerprint density at radius 1 is 1.16 bits per heavy atom. The number of aliphatic hydroxyl groups excluding tert-OH is 1. The lowest BCUT2D eigenvalue weighted by molar-refractivity contribution is 0.0758. The molecule has 1 fully saturated rings. The predicted octanol–water partition coefficient (Wildman–Crippen LogP) is 2.04. The van der Waals surface area contributed by atoms with Crippen LogP contribution >= 0.6 is 0 Å². The maximum atomic E-state index is 13.2. The summed E-state index contributed by atoms with van der Waals surface area (Å²) in [6.45, 7) is 6.83. The summed E-state index contributed by atoms with van der Waals surface area (Å²) in [5.74, 6) is 1.86. The van der Waals surface area contributed by atoms with E-state index in [-0.39, 0.29) is 18.1 Å². The number of fused-ring (bicyclic) bond motifs is 2. The smallest absolute Gasteiger partial charge is 0.253 e. The van der Waals surface area contributed by atoms with Gasteiger partial charge in [-0.3, -0.25) is 14.7 Å². The third kappa shape index (κ3) is 3.70. The molecule has 162 valence electrons. The number of β-amino-alcohol motifs (C(OH)–C–C–N with tert-alkyl or cyclic N) is 1. The lowest BCUT2D eigenvalue weighted by atomic mass is 10.1. The van der Waals surface area contributed by atoms with Crippen LogP contribution in [0.2, 0.25) is 0 Å². The quantitative estimate of drug-likeness (QED) is 0.698. The van der Waals surface area contributed by atoms with E-state index in [2.05, 4.69) is 38.5 Å². The van der Waals surface area contributed by atoms with Crippen LogP contribution in [-0.2, 0) is 13.0 Å². The minimum Gasteiger partial charge on any atom is -0.392 e. The fourth-order valence-electron chi connectivity index (χ4n) is 4.85. The molecule has 0 radical (unpaired) electrons. The van der Waals surface area contributed by atoms with Crippen LogP contribution in [0.25, 0.3) is 10.9 Å². The van der Waals surface area contributed by atoms with Gasteiger partial charge >= 0.3 is 0 Å². The van der Waals surface area contributed by atoms with E-state index in [1.165, 1.54) is 0 Å². The zero-order valence-corrected chi connectivity index (χ0v) is 18.0. The van der Waals surface area contributed by atoms with Crippen molar-refractivity contribution in [3.8, 4) is 0 Å². The molecule has 8 nitrogen and oxygen atoms in total. The Morgan fingerprint density at radius 3 is 2.87 bits per heavy atom. The fraction of sp³-hybridized carbons (Fsp3) is 0.478. The molecule has 0 saturated carbocycles. The van der Waals surface area contributed by atoms with Crippen molar-refractivity contribution in [3.63, 3.8) is 0 Å². The molecule has 0 unspecified atom stereocenters. The number of nitrogens with zero attached hydrogens (tertiary/aromatic N) is 6. The first-order valence-electron chi connectivity index (χ1n) is 11.0. The summed E-state index contributed by atoms with van der Waals surface area (Å²) in [5, 5.41) is 20.2. The summed E-state index contributed by atoms with van der Waals surface area (Å²) >= 11 is 0. The van der Waals surface area contributed by atoms with Gasteiger partial charge in [-0.1, -0.05) is 6.07 Å². The molecular weight excluding hydrogens is 392 g/mol. The molecule has 3 aromatic rings. The second kappa shape index (κ2) is 8.01. The van der Waals surface area contributed by atoms with E-state index < -0.39 is 0 Å². The number of carbonyl (C=O) groups excluding carboxylic acids is 1. The number of hydrogen-bond donors (Lipinski definition) is 1. The van der Waals surface area contributed by atoms with Crippen molar-refractivity contribution >= 4 is 16.8 Å². The molecule has 1 N–H and O–H groups in total. The largest absolute Gasteiger partial charge is 0.392 e. The maximum Gasteiger partial charge on any atom is 0.253 e. The molecule has 1 aromatic carbocycles. The molecular formula is C23H28N6O2. The standard InChI is InChI=1S/C23H28N6O2/c1-15(2)29-14-18(30)13-20(29)22-26-25-21-7-9-27(10-11-28(21)22)23(31)17-5-6-19-16(12-17)4-3-8-24-19/h3-6,8,12,15,18,20,30H,7,9-11,13-14H2,1-2H3/t18-,20+/m1/s1.